The maximum absolute atomic E-state index is 12.6. The van der Waals surface area contributed by atoms with Gasteiger partial charge in [0.1, 0.15) is 0 Å². The lowest BCUT2D eigenvalue weighted by Crippen LogP contribution is -2.35. The van der Waals surface area contributed by atoms with E-state index in [1.807, 2.05) is 17.0 Å². The van der Waals surface area contributed by atoms with Crippen molar-refractivity contribution in [3.8, 4) is 0 Å². The molecule has 0 unspecified atom stereocenters. The van der Waals surface area contributed by atoms with Crippen LogP contribution in [0.25, 0.3) is 0 Å². The summed E-state index contributed by atoms with van der Waals surface area (Å²) in [5.41, 5.74) is 2.52. The van der Waals surface area contributed by atoms with Crippen molar-refractivity contribution in [3.05, 3.63) is 35.4 Å². The number of sulfonamides is 1. The molecule has 1 aliphatic heterocycles. The molecule has 0 saturated carbocycles. The Balaban J connectivity index is 1.61. The summed E-state index contributed by atoms with van der Waals surface area (Å²) in [6, 6.07) is 8.17. The summed E-state index contributed by atoms with van der Waals surface area (Å²) in [6.07, 6.45) is 2.32. The highest BCUT2D eigenvalue weighted by Gasteiger charge is 2.34. The molecule has 1 aliphatic carbocycles. The van der Waals surface area contributed by atoms with E-state index < -0.39 is 10.0 Å². The molecule has 1 saturated heterocycles. The predicted molar refractivity (Wildman–Crippen MR) is 80.0 cm³/mol. The number of rotatable bonds is 3. The Morgan fingerprint density at radius 3 is 2.43 bits per heavy atom. The number of hydrogen-bond donors (Lipinski definition) is 1. The van der Waals surface area contributed by atoms with Gasteiger partial charge in [-0.25, -0.2) is 13.6 Å². The van der Waals surface area contributed by atoms with Crippen molar-refractivity contribution in [2.24, 2.45) is 17.0 Å². The van der Waals surface area contributed by atoms with Crippen LogP contribution in [0.1, 0.15) is 17.5 Å². The Kier molecular flexibility index (Phi) is 3.75. The zero-order valence-corrected chi connectivity index (χ0v) is 12.7. The van der Waals surface area contributed by atoms with E-state index >= 15 is 0 Å². The summed E-state index contributed by atoms with van der Waals surface area (Å²) in [6.45, 7) is 1.16. The number of benzene rings is 1. The smallest absolute Gasteiger partial charge is 0.226 e. The molecule has 0 aromatic heterocycles. The number of nitrogens with two attached hydrogens (primary N) is 1. The molecule has 6 heteroatoms. The fourth-order valence-electron chi connectivity index (χ4n) is 3.49. The van der Waals surface area contributed by atoms with Gasteiger partial charge in [0, 0.05) is 19.0 Å². The summed E-state index contributed by atoms with van der Waals surface area (Å²) >= 11 is 0. The number of likely N-dealkylation sites (tertiary alicyclic amines) is 1. The van der Waals surface area contributed by atoms with Gasteiger partial charge in [0.2, 0.25) is 15.9 Å². The van der Waals surface area contributed by atoms with Crippen LogP contribution in [-0.4, -0.2) is 38.1 Å². The third-order valence-electron chi connectivity index (χ3n) is 4.47. The predicted octanol–water partition coefficient (Wildman–Crippen LogP) is 0.538. The SMILES string of the molecule is NS(=O)(=O)C[C@@H]1CCN(C(=O)C2Cc3ccccc3C2)C1. The van der Waals surface area contributed by atoms with Crippen LogP contribution in [0.3, 0.4) is 0 Å². The molecule has 3 rings (SSSR count). The van der Waals surface area contributed by atoms with Crippen molar-refractivity contribution in [1.29, 1.82) is 0 Å². The molecule has 1 fully saturated rings. The highest BCUT2D eigenvalue weighted by atomic mass is 32.2. The largest absolute Gasteiger partial charge is 0.342 e. The lowest BCUT2D eigenvalue weighted by Gasteiger charge is -2.20. The van der Waals surface area contributed by atoms with Gasteiger partial charge in [-0.3, -0.25) is 4.79 Å². The van der Waals surface area contributed by atoms with E-state index in [1.165, 1.54) is 11.1 Å². The van der Waals surface area contributed by atoms with Crippen molar-refractivity contribution in [3.63, 3.8) is 0 Å². The average Bonchev–Trinajstić information content (AvgIpc) is 3.01. The maximum atomic E-state index is 12.6. The Morgan fingerprint density at radius 2 is 1.86 bits per heavy atom. The molecule has 1 heterocycles. The molecular weight excluding hydrogens is 288 g/mol. The summed E-state index contributed by atoms with van der Waals surface area (Å²) in [5, 5.41) is 5.09. The molecule has 2 N–H and O–H groups in total. The van der Waals surface area contributed by atoms with E-state index in [1.54, 1.807) is 0 Å². The van der Waals surface area contributed by atoms with Crippen LogP contribution in [0.15, 0.2) is 24.3 Å². The van der Waals surface area contributed by atoms with E-state index in [4.69, 9.17) is 5.14 Å². The quantitative estimate of drug-likeness (QED) is 0.885. The highest BCUT2D eigenvalue weighted by molar-refractivity contribution is 7.89. The number of carbonyl (C=O) groups excluding carboxylic acids is 1. The van der Waals surface area contributed by atoms with E-state index in [9.17, 15) is 13.2 Å². The number of hydrogen-bond acceptors (Lipinski definition) is 3. The molecular formula is C15H20N2O3S. The Labute approximate surface area is 125 Å². The monoisotopic (exact) mass is 308 g/mol. The van der Waals surface area contributed by atoms with Crippen LogP contribution in [-0.2, 0) is 27.7 Å². The van der Waals surface area contributed by atoms with Gasteiger partial charge < -0.3 is 4.90 Å². The van der Waals surface area contributed by atoms with Gasteiger partial charge in [0.15, 0.2) is 0 Å². The number of primary sulfonamides is 1. The Morgan fingerprint density at radius 1 is 1.24 bits per heavy atom. The second-order valence-corrected chi connectivity index (χ2v) is 7.80. The molecule has 2 aliphatic rings. The minimum absolute atomic E-state index is 0.00985. The first-order valence-electron chi connectivity index (χ1n) is 7.28. The molecule has 1 aromatic rings. The topological polar surface area (TPSA) is 80.5 Å². The standard InChI is InChI=1S/C15H20N2O3S/c16-21(19,20)10-11-5-6-17(9-11)15(18)14-7-12-3-1-2-4-13(12)8-14/h1-4,11,14H,5-10H2,(H2,16,19,20)/t11-/m1/s1. The molecule has 21 heavy (non-hydrogen) atoms. The van der Waals surface area contributed by atoms with Crippen LogP contribution in [0, 0.1) is 11.8 Å². The maximum Gasteiger partial charge on any atom is 0.226 e. The minimum atomic E-state index is -3.46. The molecule has 0 radical (unpaired) electrons. The normalized spacial score (nSPS) is 22.5. The average molecular weight is 308 g/mol. The van der Waals surface area contributed by atoms with Crippen LogP contribution < -0.4 is 5.14 Å². The Hall–Kier alpha value is -1.40. The van der Waals surface area contributed by atoms with E-state index in [2.05, 4.69) is 12.1 Å². The number of amides is 1. The first-order valence-corrected chi connectivity index (χ1v) is 9.00. The van der Waals surface area contributed by atoms with Gasteiger partial charge in [-0.05, 0) is 36.3 Å². The molecule has 5 nitrogen and oxygen atoms in total. The lowest BCUT2D eigenvalue weighted by atomic mass is 10.1. The van der Waals surface area contributed by atoms with E-state index in [0.717, 1.165) is 19.3 Å². The fraction of sp³-hybridized carbons (Fsp3) is 0.533. The van der Waals surface area contributed by atoms with Gasteiger partial charge in [-0.2, -0.15) is 0 Å². The van der Waals surface area contributed by atoms with Crippen LogP contribution in [0.2, 0.25) is 0 Å². The van der Waals surface area contributed by atoms with Crippen molar-refractivity contribution in [2.75, 3.05) is 18.8 Å². The third kappa shape index (κ3) is 3.27. The number of nitrogens with zero attached hydrogens (tertiary/aromatic N) is 1. The summed E-state index contributed by atoms with van der Waals surface area (Å²) < 4.78 is 22.3. The molecule has 114 valence electrons. The van der Waals surface area contributed by atoms with Crippen LogP contribution in [0.4, 0.5) is 0 Å². The van der Waals surface area contributed by atoms with Gasteiger partial charge in [-0.15, -0.1) is 0 Å². The van der Waals surface area contributed by atoms with Crippen molar-refractivity contribution < 1.29 is 13.2 Å². The zero-order valence-electron chi connectivity index (χ0n) is 11.9. The first kappa shape index (κ1) is 14.5. The Bertz CT molecular complexity index is 632. The van der Waals surface area contributed by atoms with Gasteiger partial charge >= 0.3 is 0 Å². The lowest BCUT2D eigenvalue weighted by molar-refractivity contribution is -0.134. The van der Waals surface area contributed by atoms with E-state index in [0.29, 0.717) is 13.1 Å². The first-order chi connectivity index (χ1) is 9.92. The molecule has 1 atom stereocenters. The third-order valence-corrected chi connectivity index (χ3v) is 5.40. The fourth-order valence-corrected chi connectivity index (χ4v) is 4.42. The second-order valence-electron chi connectivity index (χ2n) is 6.14. The zero-order chi connectivity index (χ0) is 15.0. The van der Waals surface area contributed by atoms with Crippen molar-refractivity contribution in [2.45, 2.75) is 19.3 Å². The molecule has 1 aromatic carbocycles. The highest BCUT2D eigenvalue weighted by Crippen LogP contribution is 2.29. The van der Waals surface area contributed by atoms with Gasteiger partial charge in [-0.1, -0.05) is 24.3 Å². The molecule has 0 bridgehead atoms. The number of carbonyl (C=O) groups is 1. The van der Waals surface area contributed by atoms with Crippen molar-refractivity contribution in [1.82, 2.24) is 4.90 Å². The minimum Gasteiger partial charge on any atom is -0.342 e. The summed E-state index contributed by atoms with van der Waals surface area (Å²) in [7, 11) is -3.46. The van der Waals surface area contributed by atoms with Gasteiger partial charge in [0.25, 0.3) is 0 Å². The number of fused-ring (bicyclic) bond motifs is 1. The molecule has 1 amide bonds. The van der Waals surface area contributed by atoms with Crippen molar-refractivity contribution >= 4 is 15.9 Å². The van der Waals surface area contributed by atoms with Gasteiger partial charge in [0.05, 0.1) is 5.75 Å². The molecule has 0 spiro atoms. The summed E-state index contributed by atoms with van der Waals surface area (Å²) in [5.74, 6) is 0.119. The van der Waals surface area contributed by atoms with Crippen LogP contribution >= 0.6 is 0 Å². The van der Waals surface area contributed by atoms with E-state index in [-0.39, 0.29) is 23.5 Å². The van der Waals surface area contributed by atoms with Crippen LogP contribution in [0.5, 0.6) is 0 Å². The summed E-state index contributed by atoms with van der Waals surface area (Å²) in [4.78, 5) is 14.4. The second kappa shape index (κ2) is 5.42.